The van der Waals surface area contributed by atoms with Crippen LogP contribution in [0.1, 0.15) is 55.3 Å². The van der Waals surface area contributed by atoms with Crippen LogP contribution < -0.4 is 5.32 Å². The largest absolute Gasteiger partial charge is 0.480 e. The number of aliphatic hydroxyl groups is 1. The summed E-state index contributed by atoms with van der Waals surface area (Å²) in [7, 11) is -3.91. The fourth-order valence-corrected chi connectivity index (χ4v) is 5.66. The molecule has 2 amide bonds. The monoisotopic (exact) mass is 630 g/mol. The quantitative estimate of drug-likeness (QED) is 0.271. The molecular weight excluding hydrogens is 596 g/mol. The average Bonchev–Trinajstić information content (AvgIpc) is 2.93. The van der Waals surface area contributed by atoms with Gasteiger partial charge >= 0.3 is 12.1 Å². The van der Waals surface area contributed by atoms with Crippen LogP contribution in [0, 0.1) is 0 Å². The van der Waals surface area contributed by atoms with Crippen molar-refractivity contribution in [2.24, 2.45) is 0 Å². The number of aliphatic hydroxyl groups excluding tert-OH is 1. The Morgan fingerprint density at radius 2 is 1.56 bits per heavy atom. The maximum atomic E-state index is 13.2. The molecule has 0 unspecified atom stereocenters. The maximum absolute atomic E-state index is 13.2. The molecule has 3 N–H and O–H groups in total. The van der Waals surface area contributed by atoms with E-state index < -0.39 is 52.1 Å². The molecule has 0 aliphatic carbocycles. The molecule has 3 rings (SSSR count). The highest BCUT2D eigenvalue weighted by atomic mass is 35.5. The third-order valence-corrected chi connectivity index (χ3v) is 8.38. The van der Waals surface area contributed by atoms with Crippen LogP contribution in [0.4, 0.5) is 4.79 Å². The molecule has 0 radical (unpaired) electrons. The summed E-state index contributed by atoms with van der Waals surface area (Å²) >= 11 is 6.08. The standard InChI is InChI=1S/C31H35ClN2O8S/c1-20(34(30(39)42-31(2,3)4)19-27(35)23-6-5-7-24(32)17-23)16-21-8-12-25(13-9-21)43(40,41)26-14-10-22(11-15-26)29(38)33-18-28(36)37/h5-15,17,20,27,35H,16,18-19H2,1-4H3,(H,33,38)(H,36,37)/t20-,27-/m1/s1. The summed E-state index contributed by atoms with van der Waals surface area (Å²) in [6.07, 6.45) is -1.27. The minimum absolute atomic E-state index is 0.0329. The number of hydrogen-bond acceptors (Lipinski definition) is 7. The van der Waals surface area contributed by atoms with E-state index in [9.17, 15) is 27.9 Å². The molecule has 0 aliphatic rings. The molecule has 0 aliphatic heterocycles. The van der Waals surface area contributed by atoms with Gasteiger partial charge in [0.25, 0.3) is 5.91 Å². The zero-order chi connectivity index (χ0) is 31.9. The first-order valence-electron chi connectivity index (χ1n) is 13.4. The van der Waals surface area contributed by atoms with Crippen LogP contribution in [0.2, 0.25) is 5.02 Å². The molecule has 12 heteroatoms. The molecule has 10 nitrogen and oxygen atoms in total. The van der Waals surface area contributed by atoms with E-state index in [2.05, 4.69) is 5.32 Å². The number of ether oxygens (including phenoxy) is 1. The minimum atomic E-state index is -3.91. The van der Waals surface area contributed by atoms with E-state index in [1.165, 1.54) is 41.3 Å². The van der Waals surface area contributed by atoms with Crippen molar-refractivity contribution in [1.82, 2.24) is 10.2 Å². The van der Waals surface area contributed by atoms with Crippen molar-refractivity contribution in [3.8, 4) is 0 Å². The van der Waals surface area contributed by atoms with E-state index >= 15 is 0 Å². The van der Waals surface area contributed by atoms with Gasteiger partial charge in [-0.2, -0.15) is 0 Å². The Labute approximate surface area is 256 Å². The lowest BCUT2D eigenvalue weighted by Gasteiger charge is -2.33. The molecule has 0 bridgehead atoms. The first-order valence-corrected chi connectivity index (χ1v) is 15.3. The van der Waals surface area contributed by atoms with Crippen LogP contribution in [-0.4, -0.2) is 66.2 Å². The minimum Gasteiger partial charge on any atom is -0.480 e. The van der Waals surface area contributed by atoms with Crippen LogP contribution in [0.25, 0.3) is 0 Å². The summed E-state index contributed by atoms with van der Waals surface area (Å²) in [5.41, 5.74) is 0.672. The first kappa shape index (κ1) is 33.6. The highest BCUT2D eigenvalue weighted by Crippen LogP contribution is 2.25. The normalized spacial score (nSPS) is 13.1. The lowest BCUT2D eigenvalue weighted by molar-refractivity contribution is -0.135. The number of carboxylic acids is 1. The van der Waals surface area contributed by atoms with Gasteiger partial charge in [0.05, 0.1) is 22.4 Å². The van der Waals surface area contributed by atoms with E-state index in [1.54, 1.807) is 57.2 Å². The fourth-order valence-electron chi connectivity index (χ4n) is 4.20. The third-order valence-electron chi connectivity index (χ3n) is 6.35. The molecule has 0 fully saturated rings. The average molecular weight is 631 g/mol. The van der Waals surface area contributed by atoms with Crippen molar-refractivity contribution in [1.29, 1.82) is 0 Å². The highest BCUT2D eigenvalue weighted by molar-refractivity contribution is 7.91. The second-order valence-electron chi connectivity index (χ2n) is 11.0. The molecule has 0 saturated heterocycles. The van der Waals surface area contributed by atoms with Crippen LogP contribution in [-0.2, 0) is 25.8 Å². The van der Waals surface area contributed by atoms with E-state index in [0.29, 0.717) is 17.0 Å². The molecule has 3 aromatic rings. The highest BCUT2D eigenvalue weighted by Gasteiger charge is 2.29. The third kappa shape index (κ3) is 9.54. The number of carbonyl (C=O) groups is 3. The van der Waals surface area contributed by atoms with Crippen LogP contribution in [0.3, 0.4) is 0 Å². The number of carboxylic acid groups (broad SMARTS) is 1. The Balaban J connectivity index is 1.76. The molecular formula is C31H35ClN2O8S. The summed E-state index contributed by atoms with van der Waals surface area (Å²) in [6, 6.07) is 17.7. The zero-order valence-corrected chi connectivity index (χ0v) is 25.9. The second-order valence-corrected chi connectivity index (χ2v) is 13.4. The van der Waals surface area contributed by atoms with Gasteiger partial charge in [-0.25, -0.2) is 13.2 Å². The molecule has 43 heavy (non-hydrogen) atoms. The van der Waals surface area contributed by atoms with Gasteiger partial charge in [-0.1, -0.05) is 35.9 Å². The van der Waals surface area contributed by atoms with Crippen LogP contribution in [0.15, 0.2) is 82.6 Å². The summed E-state index contributed by atoms with van der Waals surface area (Å²) in [6.45, 7) is 6.47. The van der Waals surface area contributed by atoms with Gasteiger partial charge in [-0.3, -0.25) is 9.59 Å². The van der Waals surface area contributed by atoms with E-state index in [-0.39, 0.29) is 21.9 Å². The lowest BCUT2D eigenvalue weighted by Crippen LogP contribution is -2.45. The Bertz CT molecular complexity index is 1550. The lowest BCUT2D eigenvalue weighted by atomic mass is 10.0. The van der Waals surface area contributed by atoms with Gasteiger partial charge in [0.1, 0.15) is 12.1 Å². The van der Waals surface area contributed by atoms with Crippen molar-refractivity contribution in [3.05, 3.63) is 94.5 Å². The van der Waals surface area contributed by atoms with Gasteiger partial charge in [0, 0.05) is 16.6 Å². The Kier molecular flexibility index (Phi) is 11.0. The van der Waals surface area contributed by atoms with Crippen molar-refractivity contribution in [3.63, 3.8) is 0 Å². The number of halogens is 1. The number of nitrogens with zero attached hydrogens (tertiary/aromatic N) is 1. The fraction of sp³-hybridized carbons (Fsp3) is 0.323. The molecule has 230 valence electrons. The number of aliphatic carboxylic acids is 1. The number of hydrogen-bond donors (Lipinski definition) is 3. The van der Waals surface area contributed by atoms with Gasteiger partial charge in [-0.15, -0.1) is 0 Å². The molecule has 0 aromatic heterocycles. The Hall–Kier alpha value is -3.93. The summed E-state index contributed by atoms with van der Waals surface area (Å²) in [5, 5.41) is 22.3. The van der Waals surface area contributed by atoms with Crippen molar-refractivity contribution in [2.45, 2.75) is 61.7 Å². The molecule has 0 saturated carbocycles. The van der Waals surface area contributed by atoms with Crippen LogP contribution in [0.5, 0.6) is 0 Å². The summed E-state index contributed by atoms with van der Waals surface area (Å²) in [4.78, 5) is 37.3. The predicted molar refractivity (Wildman–Crippen MR) is 161 cm³/mol. The molecule has 3 aromatic carbocycles. The van der Waals surface area contributed by atoms with Gasteiger partial charge in [0.2, 0.25) is 9.84 Å². The maximum Gasteiger partial charge on any atom is 0.410 e. The second kappa shape index (κ2) is 14.0. The Morgan fingerprint density at radius 3 is 2.09 bits per heavy atom. The molecule has 0 spiro atoms. The SMILES string of the molecule is C[C@H](Cc1ccc(S(=O)(=O)c2ccc(C(=O)NCC(=O)O)cc2)cc1)N(C[C@@H](O)c1cccc(Cl)c1)C(=O)OC(C)(C)C. The first-order chi connectivity index (χ1) is 20.1. The van der Waals surface area contributed by atoms with E-state index in [1.807, 2.05) is 6.92 Å². The topological polar surface area (TPSA) is 150 Å². The van der Waals surface area contributed by atoms with Crippen molar-refractivity contribution < 1.29 is 37.8 Å². The number of sulfone groups is 1. The van der Waals surface area contributed by atoms with Gasteiger partial charge in [0.15, 0.2) is 0 Å². The molecule has 2 atom stereocenters. The smallest absolute Gasteiger partial charge is 0.410 e. The van der Waals surface area contributed by atoms with E-state index in [0.717, 1.165) is 5.56 Å². The van der Waals surface area contributed by atoms with E-state index in [4.69, 9.17) is 21.4 Å². The number of benzene rings is 3. The Morgan fingerprint density at radius 1 is 0.977 bits per heavy atom. The summed E-state index contributed by atoms with van der Waals surface area (Å²) in [5.74, 6) is -1.83. The number of amides is 2. The number of carbonyl (C=O) groups excluding carboxylic acids is 2. The van der Waals surface area contributed by atoms with Crippen molar-refractivity contribution >= 4 is 39.4 Å². The van der Waals surface area contributed by atoms with Crippen molar-refractivity contribution in [2.75, 3.05) is 13.1 Å². The predicted octanol–water partition coefficient (Wildman–Crippen LogP) is 4.89. The van der Waals surface area contributed by atoms with Crippen LogP contribution >= 0.6 is 11.6 Å². The number of nitrogens with one attached hydrogen (secondary N) is 1. The van der Waals surface area contributed by atoms with Gasteiger partial charge in [-0.05, 0) is 93.8 Å². The summed E-state index contributed by atoms with van der Waals surface area (Å²) < 4.78 is 32.0. The van der Waals surface area contributed by atoms with Gasteiger partial charge < -0.3 is 25.2 Å². The molecule has 0 heterocycles. The zero-order valence-electron chi connectivity index (χ0n) is 24.3. The number of rotatable bonds is 11.